The van der Waals surface area contributed by atoms with Gasteiger partial charge in [-0.25, -0.2) is 4.57 Å². The molecule has 0 heterocycles. The molecule has 5 nitrogen and oxygen atoms in total. The van der Waals surface area contributed by atoms with Gasteiger partial charge in [0.1, 0.15) is 0 Å². The zero-order valence-electron chi connectivity index (χ0n) is 13.7. The van der Waals surface area contributed by atoms with E-state index in [4.69, 9.17) is 19.3 Å². The average Bonchev–Trinajstić information content (AvgIpc) is 3.26. The Hall–Kier alpha value is -0.450. The fourth-order valence-electron chi connectivity index (χ4n) is 2.24. The molecule has 0 aromatic carbocycles. The maximum absolute atomic E-state index is 12.2. The molecule has 0 spiro atoms. The lowest BCUT2D eigenvalue weighted by molar-refractivity contribution is 0.131. The van der Waals surface area contributed by atoms with Gasteiger partial charge in [-0.05, 0) is 44.6 Å². The quantitative estimate of drug-likeness (QED) is 0.293. The summed E-state index contributed by atoms with van der Waals surface area (Å²) in [7, 11) is -2.04. The Balaban J connectivity index is 2.12. The second-order valence-electron chi connectivity index (χ2n) is 5.49. The van der Waals surface area contributed by atoms with Gasteiger partial charge in [0.15, 0.2) is 0 Å². The summed E-state index contributed by atoms with van der Waals surface area (Å²) in [6.07, 6.45) is 10.9. The second kappa shape index (κ2) is 11.1. The van der Waals surface area contributed by atoms with E-state index in [1.165, 1.54) is 12.7 Å². The minimum atomic E-state index is -3.39. The van der Waals surface area contributed by atoms with Gasteiger partial charge in [-0.1, -0.05) is 30.6 Å². The maximum atomic E-state index is 12.2. The third kappa shape index (κ3) is 8.25. The smallest absolute Gasteiger partial charge is 0.330 e. The van der Waals surface area contributed by atoms with E-state index in [2.05, 4.69) is 12.7 Å². The van der Waals surface area contributed by atoms with Crippen LogP contribution in [0.4, 0.5) is 0 Å². The van der Waals surface area contributed by atoms with Gasteiger partial charge in [0.2, 0.25) is 0 Å². The Labute approximate surface area is 134 Å². The van der Waals surface area contributed by atoms with Crippen molar-refractivity contribution in [3.63, 3.8) is 0 Å². The lowest BCUT2D eigenvalue weighted by Crippen LogP contribution is -2.01. The van der Waals surface area contributed by atoms with E-state index in [9.17, 15) is 4.57 Å². The van der Waals surface area contributed by atoms with Crippen LogP contribution in [0, 0.1) is 5.92 Å². The second-order valence-corrected chi connectivity index (χ2v) is 7.27. The largest absolute Gasteiger partial charge is 0.474 e. The van der Waals surface area contributed by atoms with E-state index >= 15 is 0 Å². The molecule has 0 aromatic rings. The van der Waals surface area contributed by atoms with Gasteiger partial charge >= 0.3 is 7.82 Å². The summed E-state index contributed by atoms with van der Waals surface area (Å²) < 4.78 is 27.7. The Morgan fingerprint density at radius 3 is 2.68 bits per heavy atom. The molecule has 1 fully saturated rings. The van der Waals surface area contributed by atoms with Crippen LogP contribution in [0.2, 0.25) is 0 Å². The van der Waals surface area contributed by atoms with Crippen LogP contribution in [0.5, 0.6) is 0 Å². The highest BCUT2D eigenvalue weighted by Crippen LogP contribution is 2.49. The summed E-state index contributed by atoms with van der Waals surface area (Å²) in [5.41, 5.74) is 6.87. The summed E-state index contributed by atoms with van der Waals surface area (Å²) in [6, 6.07) is 0. The summed E-state index contributed by atoms with van der Waals surface area (Å²) in [5, 5.41) is 0. The SMILES string of the molecule is C=CCC1CC1=CCCOP(=O)(OC)OCCCCCCN. The van der Waals surface area contributed by atoms with Crippen LogP contribution >= 0.6 is 7.82 Å². The van der Waals surface area contributed by atoms with Crippen molar-refractivity contribution in [1.29, 1.82) is 0 Å². The molecule has 22 heavy (non-hydrogen) atoms. The molecule has 1 rings (SSSR count). The lowest BCUT2D eigenvalue weighted by atomic mass is 10.2. The highest BCUT2D eigenvalue weighted by Gasteiger charge is 2.28. The van der Waals surface area contributed by atoms with Crippen molar-refractivity contribution in [3.05, 3.63) is 24.3 Å². The fourth-order valence-corrected chi connectivity index (χ4v) is 3.21. The zero-order chi connectivity index (χ0) is 16.3. The van der Waals surface area contributed by atoms with Crippen LogP contribution in [0.3, 0.4) is 0 Å². The minimum Gasteiger partial charge on any atom is -0.330 e. The van der Waals surface area contributed by atoms with E-state index in [0.29, 0.717) is 25.7 Å². The molecular formula is C16H30NO4P. The number of allylic oxidation sites excluding steroid dienone is 2. The Kier molecular flexibility index (Phi) is 9.92. The Morgan fingerprint density at radius 2 is 2.00 bits per heavy atom. The number of phosphoric acid groups is 1. The van der Waals surface area contributed by atoms with E-state index in [1.54, 1.807) is 0 Å². The Bertz CT molecular complexity index is 398. The molecule has 0 aromatic heterocycles. The number of unbranched alkanes of at least 4 members (excludes halogenated alkanes) is 3. The van der Waals surface area contributed by atoms with Gasteiger partial charge in [0, 0.05) is 7.11 Å². The standard InChI is InChI=1S/C16H30NO4P/c1-3-9-15-14-16(15)10-8-13-21-22(18,19-2)20-12-7-5-4-6-11-17/h3,10,15H,1,4-9,11-14,17H2,2H3. The van der Waals surface area contributed by atoms with Crippen LogP contribution in [0.15, 0.2) is 24.3 Å². The molecule has 0 saturated heterocycles. The normalized spacial score (nSPS) is 21.7. The third-order valence-electron chi connectivity index (χ3n) is 3.64. The number of hydrogen-bond donors (Lipinski definition) is 1. The van der Waals surface area contributed by atoms with Crippen molar-refractivity contribution < 1.29 is 18.1 Å². The summed E-state index contributed by atoms with van der Waals surface area (Å²) in [6.45, 7) is 5.19. The van der Waals surface area contributed by atoms with Gasteiger partial charge < -0.3 is 5.73 Å². The molecule has 0 aliphatic heterocycles. The van der Waals surface area contributed by atoms with Crippen LogP contribution in [0.25, 0.3) is 0 Å². The molecule has 0 bridgehead atoms. The fraction of sp³-hybridized carbons (Fsp3) is 0.750. The maximum Gasteiger partial charge on any atom is 0.474 e. The van der Waals surface area contributed by atoms with Crippen molar-refractivity contribution >= 4 is 7.82 Å². The van der Waals surface area contributed by atoms with Crippen molar-refractivity contribution in [2.75, 3.05) is 26.9 Å². The minimum absolute atomic E-state index is 0.350. The molecule has 2 unspecified atom stereocenters. The van der Waals surface area contributed by atoms with Crippen molar-refractivity contribution in [2.45, 2.75) is 44.9 Å². The van der Waals surface area contributed by atoms with Crippen molar-refractivity contribution in [3.8, 4) is 0 Å². The Morgan fingerprint density at radius 1 is 1.27 bits per heavy atom. The summed E-state index contributed by atoms with van der Waals surface area (Å²) in [5.74, 6) is 0.663. The van der Waals surface area contributed by atoms with E-state index in [1.807, 2.05) is 6.08 Å². The van der Waals surface area contributed by atoms with Crippen LogP contribution in [-0.2, 0) is 18.1 Å². The number of hydrogen-bond acceptors (Lipinski definition) is 5. The molecule has 0 amide bonds. The summed E-state index contributed by atoms with van der Waals surface area (Å²) in [4.78, 5) is 0. The molecule has 1 aliphatic carbocycles. The highest BCUT2D eigenvalue weighted by atomic mass is 31.2. The molecule has 6 heteroatoms. The van der Waals surface area contributed by atoms with Crippen LogP contribution in [0.1, 0.15) is 44.9 Å². The average molecular weight is 331 g/mol. The topological polar surface area (TPSA) is 70.8 Å². The molecule has 2 atom stereocenters. The van der Waals surface area contributed by atoms with Gasteiger partial charge in [-0.3, -0.25) is 13.6 Å². The van der Waals surface area contributed by atoms with Gasteiger partial charge in [-0.2, -0.15) is 0 Å². The molecule has 0 radical (unpaired) electrons. The zero-order valence-corrected chi connectivity index (χ0v) is 14.6. The highest BCUT2D eigenvalue weighted by molar-refractivity contribution is 7.48. The first kappa shape index (κ1) is 19.6. The first-order valence-electron chi connectivity index (χ1n) is 8.10. The van der Waals surface area contributed by atoms with E-state index < -0.39 is 7.82 Å². The van der Waals surface area contributed by atoms with Crippen LogP contribution < -0.4 is 5.73 Å². The van der Waals surface area contributed by atoms with Gasteiger partial charge in [0.05, 0.1) is 13.2 Å². The predicted octanol–water partition coefficient (Wildman–Crippen LogP) is 4.21. The molecule has 1 aliphatic rings. The molecular weight excluding hydrogens is 301 g/mol. The summed E-state index contributed by atoms with van der Waals surface area (Å²) >= 11 is 0. The first-order valence-corrected chi connectivity index (χ1v) is 9.56. The predicted molar refractivity (Wildman–Crippen MR) is 89.7 cm³/mol. The van der Waals surface area contributed by atoms with Crippen molar-refractivity contribution in [1.82, 2.24) is 0 Å². The van der Waals surface area contributed by atoms with E-state index in [-0.39, 0.29) is 0 Å². The third-order valence-corrected chi connectivity index (χ3v) is 5.09. The number of nitrogens with two attached hydrogens (primary N) is 1. The number of phosphoric ester groups is 1. The molecule has 128 valence electrons. The first-order chi connectivity index (χ1) is 10.6. The van der Waals surface area contributed by atoms with Crippen LogP contribution in [-0.4, -0.2) is 26.9 Å². The lowest BCUT2D eigenvalue weighted by Gasteiger charge is -2.15. The molecule has 2 N–H and O–H groups in total. The van der Waals surface area contributed by atoms with Gasteiger partial charge in [-0.15, -0.1) is 6.58 Å². The van der Waals surface area contributed by atoms with Crippen molar-refractivity contribution in [2.24, 2.45) is 11.7 Å². The van der Waals surface area contributed by atoms with Gasteiger partial charge in [0.25, 0.3) is 0 Å². The monoisotopic (exact) mass is 331 g/mol. The molecule has 1 saturated carbocycles. The number of rotatable bonds is 14. The van der Waals surface area contributed by atoms with E-state index in [0.717, 1.165) is 44.9 Å².